The van der Waals surface area contributed by atoms with E-state index in [1.54, 1.807) is 0 Å². The van der Waals surface area contributed by atoms with Gasteiger partial charge in [0.2, 0.25) is 0 Å². The van der Waals surface area contributed by atoms with Gasteiger partial charge in [-0.05, 0) is 17.7 Å². The molecule has 0 aliphatic heterocycles. The van der Waals surface area contributed by atoms with Gasteiger partial charge in [-0.15, -0.1) is 0 Å². The Morgan fingerprint density at radius 1 is 1.38 bits per heavy atom. The second-order valence-corrected chi connectivity index (χ2v) is 3.11. The number of anilines is 1. The largest absolute Gasteiger partial charge is 0.733 e. The van der Waals surface area contributed by atoms with Crippen LogP contribution in [0.4, 0.5) is 5.69 Å². The number of benzene rings is 1. The number of rotatable bonds is 4. The van der Waals surface area contributed by atoms with Crippen LogP contribution in [0.15, 0.2) is 12.1 Å². The number of hydrogen-bond donors (Lipinski definition) is 1. The SMILES string of the molecule is COc1cc(C(=O)Cl)c(N([O-])O)cc1OC. The van der Waals surface area contributed by atoms with Crippen LogP contribution in [0.3, 0.4) is 0 Å². The molecule has 0 aliphatic rings. The highest BCUT2D eigenvalue weighted by molar-refractivity contribution is 6.68. The van der Waals surface area contributed by atoms with Crippen LogP contribution in [0, 0.1) is 5.21 Å². The standard InChI is InChI=1S/C9H9ClNO5/c1-15-7-3-5(9(10)12)6(11(13)14)4-8(7)16-2/h3-4,13H,1-2H3/q-1. The Kier molecular flexibility index (Phi) is 3.94. The third-order valence-electron chi connectivity index (χ3n) is 1.92. The Bertz CT molecular complexity index is 407. The molecule has 0 heterocycles. The summed E-state index contributed by atoms with van der Waals surface area (Å²) in [7, 11) is 2.73. The zero-order chi connectivity index (χ0) is 12.3. The summed E-state index contributed by atoms with van der Waals surface area (Å²) in [6.45, 7) is 0. The van der Waals surface area contributed by atoms with Crippen molar-refractivity contribution in [3.05, 3.63) is 22.9 Å². The van der Waals surface area contributed by atoms with Crippen molar-refractivity contribution < 1.29 is 19.5 Å². The van der Waals surface area contributed by atoms with Crippen molar-refractivity contribution in [1.29, 1.82) is 0 Å². The molecular weight excluding hydrogens is 238 g/mol. The molecule has 6 nitrogen and oxygen atoms in total. The van der Waals surface area contributed by atoms with E-state index in [2.05, 4.69) is 0 Å². The van der Waals surface area contributed by atoms with Crippen LogP contribution in [0.2, 0.25) is 0 Å². The maximum atomic E-state index is 11.0. The van der Waals surface area contributed by atoms with Crippen LogP contribution in [0.25, 0.3) is 0 Å². The van der Waals surface area contributed by atoms with Gasteiger partial charge < -0.3 is 19.9 Å². The fraction of sp³-hybridized carbons (Fsp3) is 0.222. The summed E-state index contributed by atoms with van der Waals surface area (Å²) in [4.78, 5) is 11.0. The highest BCUT2D eigenvalue weighted by Crippen LogP contribution is 2.35. The van der Waals surface area contributed by atoms with Crippen LogP contribution in [-0.2, 0) is 0 Å². The molecule has 0 atom stereocenters. The predicted molar refractivity (Wildman–Crippen MR) is 57.4 cm³/mol. The first-order valence-electron chi connectivity index (χ1n) is 4.13. The van der Waals surface area contributed by atoms with Gasteiger partial charge in [0.05, 0.1) is 25.5 Å². The number of hydrogen-bond acceptors (Lipinski definition) is 6. The van der Waals surface area contributed by atoms with Crippen LogP contribution >= 0.6 is 11.6 Å². The predicted octanol–water partition coefficient (Wildman–Crippen LogP) is 1.78. The minimum absolute atomic E-state index is 0.170. The van der Waals surface area contributed by atoms with E-state index in [0.29, 0.717) is 0 Å². The average molecular weight is 247 g/mol. The molecule has 7 heteroatoms. The van der Waals surface area contributed by atoms with Gasteiger partial charge in [-0.2, -0.15) is 0 Å². The lowest BCUT2D eigenvalue weighted by atomic mass is 10.1. The fourth-order valence-corrected chi connectivity index (χ4v) is 1.34. The first-order chi connectivity index (χ1) is 7.51. The molecule has 0 saturated heterocycles. The smallest absolute Gasteiger partial charge is 0.254 e. The molecule has 1 aromatic carbocycles. The Labute approximate surface area is 96.5 Å². The molecule has 0 amide bonds. The van der Waals surface area contributed by atoms with E-state index in [-0.39, 0.29) is 22.7 Å². The average Bonchev–Trinajstić information content (AvgIpc) is 2.26. The molecular formula is C9H9ClNO5-. The van der Waals surface area contributed by atoms with Crippen molar-refractivity contribution in [2.24, 2.45) is 0 Å². The molecule has 88 valence electrons. The summed E-state index contributed by atoms with van der Waals surface area (Å²) >= 11 is 5.26. The molecule has 0 unspecified atom stereocenters. The van der Waals surface area contributed by atoms with Gasteiger partial charge in [-0.3, -0.25) is 10.0 Å². The highest BCUT2D eigenvalue weighted by Gasteiger charge is 2.15. The zero-order valence-electron chi connectivity index (χ0n) is 8.56. The van der Waals surface area contributed by atoms with Crippen LogP contribution in [0.1, 0.15) is 10.4 Å². The number of ether oxygens (including phenoxy) is 2. The molecule has 0 saturated carbocycles. The molecule has 0 spiro atoms. The quantitative estimate of drug-likeness (QED) is 0.644. The molecule has 1 N–H and O–H groups in total. The number of carbonyl (C=O) groups is 1. The summed E-state index contributed by atoms with van der Waals surface area (Å²) in [6, 6.07) is 2.37. The van der Waals surface area contributed by atoms with Crippen molar-refractivity contribution >= 4 is 22.5 Å². The fourth-order valence-electron chi connectivity index (χ4n) is 1.18. The number of halogens is 1. The monoisotopic (exact) mass is 246 g/mol. The Morgan fingerprint density at radius 2 is 1.88 bits per heavy atom. The Hall–Kier alpha value is -1.50. The van der Waals surface area contributed by atoms with Crippen LogP contribution in [0.5, 0.6) is 11.5 Å². The van der Waals surface area contributed by atoms with E-state index >= 15 is 0 Å². The van der Waals surface area contributed by atoms with Crippen molar-refractivity contribution in [2.45, 2.75) is 0 Å². The highest BCUT2D eigenvalue weighted by atomic mass is 35.5. The van der Waals surface area contributed by atoms with Gasteiger partial charge in [0.15, 0.2) is 11.5 Å². The topological polar surface area (TPSA) is 82.1 Å². The first kappa shape index (κ1) is 12.6. The molecule has 0 radical (unpaired) electrons. The first-order valence-corrected chi connectivity index (χ1v) is 4.51. The van der Waals surface area contributed by atoms with Gasteiger partial charge in [0.1, 0.15) is 0 Å². The molecule has 0 bridgehead atoms. The van der Waals surface area contributed by atoms with Crippen LogP contribution in [-0.4, -0.2) is 24.7 Å². The Morgan fingerprint density at radius 3 is 2.25 bits per heavy atom. The number of nitrogens with zero attached hydrogens (tertiary/aromatic N) is 1. The van der Waals surface area contributed by atoms with Crippen LogP contribution < -0.4 is 14.7 Å². The van der Waals surface area contributed by atoms with Gasteiger partial charge in [-0.25, -0.2) is 0 Å². The molecule has 0 aromatic heterocycles. The molecule has 0 fully saturated rings. The summed E-state index contributed by atoms with van der Waals surface area (Å²) in [5.41, 5.74) is -0.477. The second-order valence-electron chi connectivity index (χ2n) is 2.77. The van der Waals surface area contributed by atoms with E-state index in [9.17, 15) is 10.0 Å². The lowest BCUT2D eigenvalue weighted by molar-refractivity contribution is 0.108. The van der Waals surface area contributed by atoms with E-state index in [4.69, 9.17) is 26.3 Å². The number of carbonyl (C=O) groups excluding carboxylic acids is 1. The third kappa shape index (κ3) is 2.35. The van der Waals surface area contributed by atoms with E-state index in [1.807, 2.05) is 0 Å². The minimum atomic E-state index is -0.883. The van der Waals surface area contributed by atoms with Crippen molar-refractivity contribution in [3.8, 4) is 11.5 Å². The third-order valence-corrected chi connectivity index (χ3v) is 2.12. The zero-order valence-corrected chi connectivity index (χ0v) is 9.32. The van der Waals surface area contributed by atoms with E-state index in [0.717, 1.165) is 6.07 Å². The minimum Gasteiger partial charge on any atom is -0.733 e. The Balaban J connectivity index is 3.41. The van der Waals surface area contributed by atoms with Gasteiger partial charge in [0, 0.05) is 6.07 Å². The molecule has 16 heavy (non-hydrogen) atoms. The summed E-state index contributed by atoms with van der Waals surface area (Å²) in [5, 5.41) is 18.3. The molecule has 1 rings (SSSR count). The second kappa shape index (κ2) is 5.02. The van der Waals surface area contributed by atoms with Gasteiger partial charge in [-0.1, -0.05) is 0 Å². The maximum Gasteiger partial charge on any atom is 0.254 e. The number of methoxy groups -OCH3 is 2. The van der Waals surface area contributed by atoms with Gasteiger partial charge >= 0.3 is 0 Å². The lowest BCUT2D eigenvalue weighted by Gasteiger charge is -2.24. The van der Waals surface area contributed by atoms with Crippen molar-refractivity contribution in [1.82, 2.24) is 0 Å². The maximum absolute atomic E-state index is 11.0. The molecule has 1 aromatic rings. The molecule has 0 aliphatic carbocycles. The van der Waals surface area contributed by atoms with E-state index in [1.165, 1.54) is 20.3 Å². The van der Waals surface area contributed by atoms with Crippen molar-refractivity contribution in [2.75, 3.05) is 19.4 Å². The lowest BCUT2D eigenvalue weighted by Crippen LogP contribution is -2.11. The van der Waals surface area contributed by atoms with Gasteiger partial charge in [0.25, 0.3) is 5.24 Å². The van der Waals surface area contributed by atoms with E-state index < -0.39 is 10.5 Å². The summed E-state index contributed by atoms with van der Waals surface area (Å²) in [5.74, 6) is 0.436. The van der Waals surface area contributed by atoms with Crippen molar-refractivity contribution in [3.63, 3.8) is 0 Å². The summed E-state index contributed by atoms with van der Waals surface area (Å²) < 4.78 is 9.83. The normalized spacial score (nSPS) is 9.81. The summed E-state index contributed by atoms with van der Waals surface area (Å²) in [6.07, 6.45) is 0.